The van der Waals surface area contributed by atoms with Gasteiger partial charge in [-0.05, 0) is 53.7 Å². The standard InChI is InChI=1S/C20H18N6O3/c1-14-3-6-17(7-4-14)25-10-9-16(22-25)12-29-20(27)15-5-8-19(28-2)18(11-15)26-13-21-23-24-26/h3-11,13H,12H2,1-2H3. The van der Waals surface area contributed by atoms with Crippen LogP contribution in [0.3, 0.4) is 0 Å². The van der Waals surface area contributed by atoms with Crippen molar-refractivity contribution in [1.29, 1.82) is 0 Å². The van der Waals surface area contributed by atoms with Gasteiger partial charge in [0.25, 0.3) is 0 Å². The molecule has 0 radical (unpaired) electrons. The maximum absolute atomic E-state index is 12.5. The first kappa shape index (κ1) is 18.4. The van der Waals surface area contributed by atoms with Gasteiger partial charge in [0.15, 0.2) is 0 Å². The third-order valence-corrected chi connectivity index (χ3v) is 4.30. The molecule has 9 heteroatoms. The Bertz CT molecular complexity index is 1120. The fourth-order valence-electron chi connectivity index (χ4n) is 2.77. The van der Waals surface area contributed by atoms with Gasteiger partial charge in [0.2, 0.25) is 0 Å². The molecule has 0 fully saturated rings. The summed E-state index contributed by atoms with van der Waals surface area (Å²) >= 11 is 0. The maximum Gasteiger partial charge on any atom is 0.338 e. The minimum Gasteiger partial charge on any atom is -0.494 e. The Hall–Kier alpha value is -4.01. The summed E-state index contributed by atoms with van der Waals surface area (Å²) < 4.78 is 13.9. The Balaban J connectivity index is 1.46. The van der Waals surface area contributed by atoms with E-state index in [2.05, 4.69) is 20.6 Å². The summed E-state index contributed by atoms with van der Waals surface area (Å²) in [5, 5.41) is 15.5. The zero-order chi connectivity index (χ0) is 20.2. The van der Waals surface area contributed by atoms with Crippen LogP contribution in [-0.4, -0.2) is 43.1 Å². The highest BCUT2D eigenvalue weighted by Crippen LogP contribution is 2.23. The van der Waals surface area contributed by atoms with E-state index in [0.29, 0.717) is 22.7 Å². The number of hydrogen-bond acceptors (Lipinski definition) is 7. The molecule has 0 amide bonds. The van der Waals surface area contributed by atoms with E-state index >= 15 is 0 Å². The normalized spacial score (nSPS) is 10.7. The van der Waals surface area contributed by atoms with Crippen LogP contribution in [-0.2, 0) is 11.3 Å². The zero-order valence-corrected chi connectivity index (χ0v) is 15.9. The highest BCUT2D eigenvalue weighted by molar-refractivity contribution is 5.90. The van der Waals surface area contributed by atoms with Gasteiger partial charge in [-0.25, -0.2) is 9.48 Å². The molecular weight excluding hydrogens is 372 g/mol. The van der Waals surface area contributed by atoms with Crippen molar-refractivity contribution in [2.75, 3.05) is 7.11 Å². The SMILES string of the molecule is COc1ccc(C(=O)OCc2ccn(-c3ccc(C)cc3)n2)cc1-n1cnnn1. The Kier molecular flexibility index (Phi) is 5.02. The number of carbonyl (C=O) groups excluding carboxylic acids is 1. The fraction of sp³-hybridized carbons (Fsp3) is 0.150. The molecule has 0 aliphatic heterocycles. The molecule has 0 aliphatic rings. The van der Waals surface area contributed by atoms with Crippen molar-refractivity contribution in [3.05, 3.63) is 77.9 Å². The minimum absolute atomic E-state index is 0.0595. The second-order valence-electron chi connectivity index (χ2n) is 6.30. The van der Waals surface area contributed by atoms with Crippen molar-refractivity contribution >= 4 is 5.97 Å². The van der Waals surface area contributed by atoms with Gasteiger partial charge >= 0.3 is 5.97 Å². The van der Waals surface area contributed by atoms with Crippen molar-refractivity contribution in [2.45, 2.75) is 13.5 Å². The highest BCUT2D eigenvalue weighted by Gasteiger charge is 2.14. The monoisotopic (exact) mass is 390 g/mol. The van der Waals surface area contributed by atoms with Crippen LogP contribution in [0.5, 0.6) is 5.75 Å². The van der Waals surface area contributed by atoms with E-state index < -0.39 is 5.97 Å². The number of esters is 1. The van der Waals surface area contributed by atoms with Crippen molar-refractivity contribution < 1.29 is 14.3 Å². The van der Waals surface area contributed by atoms with Gasteiger partial charge in [-0.3, -0.25) is 0 Å². The molecule has 29 heavy (non-hydrogen) atoms. The summed E-state index contributed by atoms with van der Waals surface area (Å²) in [5.41, 5.74) is 3.66. The first-order chi connectivity index (χ1) is 14.1. The molecule has 2 heterocycles. The predicted molar refractivity (Wildman–Crippen MR) is 103 cm³/mol. The summed E-state index contributed by atoms with van der Waals surface area (Å²) in [6, 6.07) is 14.7. The summed E-state index contributed by atoms with van der Waals surface area (Å²) in [4.78, 5) is 12.5. The van der Waals surface area contributed by atoms with Crippen molar-refractivity contribution in [3.8, 4) is 17.1 Å². The number of nitrogens with zero attached hydrogens (tertiary/aromatic N) is 6. The summed E-state index contributed by atoms with van der Waals surface area (Å²) in [6.07, 6.45) is 3.25. The van der Waals surface area contributed by atoms with Crippen LogP contribution in [0, 0.1) is 6.92 Å². The van der Waals surface area contributed by atoms with Crippen LogP contribution >= 0.6 is 0 Å². The molecule has 0 unspecified atom stereocenters. The third-order valence-electron chi connectivity index (χ3n) is 4.30. The number of aryl methyl sites for hydroxylation is 1. The van der Waals surface area contributed by atoms with E-state index in [1.54, 1.807) is 22.9 Å². The number of methoxy groups -OCH3 is 1. The molecular formula is C20H18N6O3. The summed E-state index contributed by atoms with van der Waals surface area (Å²) in [7, 11) is 1.53. The van der Waals surface area contributed by atoms with Gasteiger partial charge in [-0.1, -0.05) is 17.7 Å². The van der Waals surface area contributed by atoms with E-state index in [0.717, 1.165) is 5.69 Å². The fourth-order valence-corrected chi connectivity index (χ4v) is 2.77. The predicted octanol–water partition coefficient (Wildman–Crippen LogP) is 2.52. The van der Waals surface area contributed by atoms with Crippen molar-refractivity contribution in [2.24, 2.45) is 0 Å². The van der Waals surface area contributed by atoms with Gasteiger partial charge in [0.1, 0.15) is 30.1 Å². The number of carbonyl (C=O) groups is 1. The second-order valence-corrected chi connectivity index (χ2v) is 6.30. The maximum atomic E-state index is 12.5. The lowest BCUT2D eigenvalue weighted by Crippen LogP contribution is -2.08. The number of tetrazole rings is 1. The van der Waals surface area contributed by atoms with Crippen LogP contribution in [0.1, 0.15) is 21.6 Å². The van der Waals surface area contributed by atoms with E-state index in [4.69, 9.17) is 9.47 Å². The van der Waals surface area contributed by atoms with E-state index in [9.17, 15) is 4.79 Å². The zero-order valence-electron chi connectivity index (χ0n) is 15.9. The number of aromatic nitrogens is 6. The van der Waals surface area contributed by atoms with Crippen molar-refractivity contribution in [1.82, 2.24) is 30.0 Å². The molecule has 0 aliphatic carbocycles. The minimum atomic E-state index is -0.480. The second kappa shape index (κ2) is 7.93. The molecule has 0 spiro atoms. The Morgan fingerprint density at radius 1 is 1.07 bits per heavy atom. The molecule has 4 rings (SSSR count). The van der Waals surface area contributed by atoms with Gasteiger partial charge in [-0.2, -0.15) is 9.78 Å². The number of benzene rings is 2. The number of ether oxygens (including phenoxy) is 2. The topological polar surface area (TPSA) is 97.0 Å². The molecule has 2 aromatic carbocycles. The Morgan fingerprint density at radius 2 is 1.90 bits per heavy atom. The lowest BCUT2D eigenvalue weighted by atomic mass is 10.2. The van der Waals surface area contributed by atoms with Crippen LogP contribution in [0.15, 0.2) is 61.1 Å². The molecule has 2 aromatic heterocycles. The average Bonchev–Trinajstić information content (AvgIpc) is 3.44. The molecule has 0 N–H and O–H groups in total. The third kappa shape index (κ3) is 3.98. The summed E-state index contributed by atoms with van der Waals surface area (Å²) in [6.45, 7) is 2.09. The van der Waals surface area contributed by atoms with Gasteiger partial charge in [-0.15, -0.1) is 5.10 Å². The highest BCUT2D eigenvalue weighted by atomic mass is 16.5. The molecule has 0 bridgehead atoms. The van der Waals surface area contributed by atoms with Gasteiger partial charge in [0.05, 0.1) is 18.4 Å². The molecule has 9 nitrogen and oxygen atoms in total. The van der Waals surface area contributed by atoms with E-state index in [-0.39, 0.29) is 6.61 Å². The van der Waals surface area contributed by atoms with E-state index in [1.165, 1.54) is 23.7 Å². The largest absolute Gasteiger partial charge is 0.494 e. The molecule has 0 saturated heterocycles. The average molecular weight is 390 g/mol. The molecule has 0 atom stereocenters. The number of rotatable bonds is 6. The molecule has 0 saturated carbocycles. The first-order valence-electron chi connectivity index (χ1n) is 8.84. The molecule has 4 aromatic rings. The lowest BCUT2D eigenvalue weighted by Gasteiger charge is -2.09. The van der Waals surface area contributed by atoms with Crippen LogP contribution in [0.2, 0.25) is 0 Å². The Labute approximate surface area is 166 Å². The van der Waals surface area contributed by atoms with Crippen LogP contribution in [0.4, 0.5) is 0 Å². The van der Waals surface area contributed by atoms with Crippen molar-refractivity contribution in [3.63, 3.8) is 0 Å². The van der Waals surface area contributed by atoms with Gasteiger partial charge < -0.3 is 9.47 Å². The quantitative estimate of drug-likeness (QED) is 0.467. The lowest BCUT2D eigenvalue weighted by molar-refractivity contribution is 0.0467. The van der Waals surface area contributed by atoms with Crippen LogP contribution in [0.25, 0.3) is 11.4 Å². The van der Waals surface area contributed by atoms with Crippen LogP contribution < -0.4 is 4.74 Å². The summed E-state index contributed by atoms with van der Waals surface area (Å²) in [5.74, 6) is 0.0533. The molecule has 146 valence electrons. The Morgan fingerprint density at radius 3 is 2.62 bits per heavy atom. The number of hydrogen-bond donors (Lipinski definition) is 0. The smallest absolute Gasteiger partial charge is 0.338 e. The van der Waals surface area contributed by atoms with E-state index in [1.807, 2.05) is 43.5 Å². The van der Waals surface area contributed by atoms with Gasteiger partial charge in [0, 0.05) is 6.20 Å². The first-order valence-corrected chi connectivity index (χ1v) is 8.84.